The van der Waals surface area contributed by atoms with Crippen molar-refractivity contribution >= 4 is 17.6 Å². The molecule has 2 amide bonds. The van der Waals surface area contributed by atoms with Crippen LogP contribution in [0.3, 0.4) is 0 Å². The smallest absolute Gasteiger partial charge is 0.248 e. The van der Waals surface area contributed by atoms with Gasteiger partial charge in [0.1, 0.15) is 11.9 Å². The fourth-order valence-electron chi connectivity index (χ4n) is 2.35. The number of pyridine rings is 1. The van der Waals surface area contributed by atoms with Crippen LogP contribution in [0.2, 0.25) is 0 Å². The maximum Gasteiger partial charge on any atom is 0.248 e. The molecule has 1 unspecified atom stereocenters. The van der Waals surface area contributed by atoms with E-state index >= 15 is 0 Å². The number of hydrogen-bond donors (Lipinski definition) is 2. The van der Waals surface area contributed by atoms with Crippen LogP contribution in [-0.2, 0) is 16.0 Å². The number of carbonyl (C=O) groups is 2. The molecule has 0 fully saturated rings. The van der Waals surface area contributed by atoms with Crippen molar-refractivity contribution in [3.8, 4) is 0 Å². The summed E-state index contributed by atoms with van der Waals surface area (Å²) < 4.78 is 0. The highest BCUT2D eigenvalue weighted by molar-refractivity contribution is 5.97. The molecule has 1 heterocycles. The zero-order valence-electron chi connectivity index (χ0n) is 14.2. The van der Waals surface area contributed by atoms with Crippen molar-refractivity contribution in [2.24, 2.45) is 5.92 Å². The maximum absolute atomic E-state index is 12.5. The number of carbonyl (C=O) groups excluding carboxylic acids is 2. The van der Waals surface area contributed by atoms with Crippen LogP contribution in [0, 0.1) is 12.8 Å². The van der Waals surface area contributed by atoms with E-state index in [2.05, 4.69) is 15.6 Å². The summed E-state index contributed by atoms with van der Waals surface area (Å²) in [5.41, 5.74) is 1.92. The van der Waals surface area contributed by atoms with Crippen LogP contribution in [-0.4, -0.2) is 22.8 Å². The topological polar surface area (TPSA) is 71.1 Å². The number of nitrogens with one attached hydrogen (secondary N) is 2. The quantitative estimate of drug-likeness (QED) is 0.858. The second-order valence-electron chi connectivity index (χ2n) is 6.16. The van der Waals surface area contributed by atoms with Gasteiger partial charge < -0.3 is 10.6 Å². The van der Waals surface area contributed by atoms with E-state index in [9.17, 15) is 9.59 Å². The van der Waals surface area contributed by atoms with E-state index in [1.807, 2.05) is 57.2 Å². The molecular formula is C19H23N3O2. The Labute approximate surface area is 142 Å². The Kier molecular flexibility index (Phi) is 6.07. The third-order valence-corrected chi connectivity index (χ3v) is 3.64. The lowest BCUT2D eigenvalue weighted by molar-refractivity contribution is -0.127. The highest BCUT2D eigenvalue weighted by Crippen LogP contribution is 2.09. The van der Waals surface area contributed by atoms with Gasteiger partial charge in [-0.1, -0.05) is 44.2 Å². The molecule has 1 aromatic heterocycles. The highest BCUT2D eigenvalue weighted by atomic mass is 16.2. The summed E-state index contributed by atoms with van der Waals surface area (Å²) in [5, 5.41) is 5.59. The van der Waals surface area contributed by atoms with Gasteiger partial charge >= 0.3 is 0 Å². The van der Waals surface area contributed by atoms with E-state index < -0.39 is 6.04 Å². The first kappa shape index (κ1) is 17.7. The van der Waals surface area contributed by atoms with Crippen molar-refractivity contribution in [2.45, 2.75) is 33.2 Å². The minimum Gasteiger partial charge on any atom is -0.344 e. The number of rotatable bonds is 6. The summed E-state index contributed by atoms with van der Waals surface area (Å²) >= 11 is 0. The van der Waals surface area contributed by atoms with Crippen LogP contribution < -0.4 is 10.6 Å². The number of aryl methyl sites for hydroxylation is 1. The second-order valence-corrected chi connectivity index (χ2v) is 6.16. The highest BCUT2D eigenvalue weighted by Gasteiger charge is 2.24. The van der Waals surface area contributed by atoms with Crippen LogP contribution in [0.5, 0.6) is 0 Å². The van der Waals surface area contributed by atoms with Crippen LogP contribution in [0.4, 0.5) is 5.82 Å². The minimum absolute atomic E-state index is 0.0328. The van der Waals surface area contributed by atoms with Crippen LogP contribution in [0.25, 0.3) is 0 Å². The summed E-state index contributed by atoms with van der Waals surface area (Å²) in [6.07, 6.45) is 1.89. The first-order chi connectivity index (χ1) is 11.5. The van der Waals surface area contributed by atoms with E-state index in [0.717, 1.165) is 11.1 Å². The van der Waals surface area contributed by atoms with Crippen molar-refractivity contribution in [2.75, 3.05) is 5.32 Å². The first-order valence-electron chi connectivity index (χ1n) is 8.02. The molecule has 0 bridgehead atoms. The lowest BCUT2D eigenvalue weighted by atomic mass is 10.0. The Balaban J connectivity index is 2.00. The molecule has 126 valence electrons. The zero-order valence-corrected chi connectivity index (χ0v) is 14.2. The van der Waals surface area contributed by atoms with Gasteiger partial charge in [-0.25, -0.2) is 4.98 Å². The van der Waals surface area contributed by atoms with Crippen LogP contribution >= 0.6 is 0 Å². The van der Waals surface area contributed by atoms with Crippen molar-refractivity contribution in [1.29, 1.82) is 0 Å². The van der Waals surface area contributed by atoms with Crippen LogP contribution in [0.1, 0.15) is 25.0 Å². The lowest BCUT2D eigenvalue weighted by Gasteiger charge is -2.21. The average molecular weight is 325 g/mol. The predicted molar refractivity (Wildman–Crippen MR) is 94.5 cm³/mol. The van der Waals surface area contributed by atoms with Gasteiger partial charge in [0.2, 0.25) is 11.8 Å². The Morgan fingerprint density at radius 3 is 2.46 bits per heavy atom. The van der Waals surface area contributed by atoms with Gasteiger partial charge in [0.05, 0.1) is 6.42 Å². The van der Waals surface area contributed by atoms with E-state index in [1.54, 1.807) is 12.3 Å². The molecule has 2 rings (SSSR count). The molecule has 1 atom stereocenters. The summed E-state index contributed by atoms with van der Waals surface area (Å²) in [5.74, 6) is 0.0225. The normalized spacial score (nSPS) is 11.8. The molecule has 2 N–H and O–H groups in total. The molecule has 0 aliphatic carbocycles. The summed E-state index contributed by atoms with van der Waals surface area (Å²) in [4.78, 5) is 28.8. The average Bonchev–Trinajstić information content (AvgIpc) is 2.53. The number of hydrogen-bond acceptors (Lipinski definition) is 3. The van der Waals surface area contributed by atoms with Crippen molar-refractivity contribution in [3.63, 3.8) is 0 Å². The SMILES string of the molecule is Cc1ccnc(NC(=O)C(NC(=O)Cc2ccccc2)C(C)C)c1. The van der Waals surface area contributed by atoms with E-state index in [4.69, 9.17) is 0 Å². The molecule has 2 aromatic rings. The first-order valence-corrected chi connectivity index (χ1v) is 8.02. The largest absolute Gasteiger partial charge is 0.344 e. The Morgan fingerprint density at radius 2 is 1.83 bits per heavy atom. The maximum atomic E-state index is 12.5. The third-order valence-electron chi connectivity index (χ3n) is 3.64. The molecule has 0 saturated heterocycles. The van der Waals surface area contributed by atoms with E-state index in [-0.39, 0.29) is 24.2 Å². The van der Waals surface area contributed by atoms with Gasteiger partial charge in [-0.05, 0) is 36.1 Å². The monoisotopic (exact) mass is 325 g/mol. The molecule has 0 spiro atoms. The van der Waals surface area contributed by atoms with Gasteiger partial charge in [-0.15, -0.1) is 0 Å². The summed E-state index contributed by atoms with van der Waals surface area (Å²) in [7, 11) is 0. The van der Waals surface area contributed by atoms with Gasteiger partial charge in [0.25, 0.3) is 0 Å². The number of anilines is 1. The van der Waals surface area contributed by atoms with E-state index in [0.29, 0.717) is 5.82 Å². The summed E-state index contributed by atoms with van der Waals surface area (Å²) in [6, 6.07) is 12.5. The number of benzene rings is 1. The third kappa shape index (κ3) is 5.19. The number of amides is 2. The molecule has 1 aromatic carbocycles. The van der Waals surface area contributed by atoms with Crippen molar-refractivity contribution < 1.29 is 9.59 Å². The minimum atomic E-state index is -0.608. The predicted octanol–water partition coefficient (Wildman–Crippen LogP) is 2.71. The molecule has 24 heavy (non-hydrogen) atoms. The lowest BCUT2D eigenvalue weighted by Crippen LogP contribution is -2.47. The zero-order chi connectivity index (χ0) is 17.5. The van der Waals surface area contributed by atoms with Crippen molar-refractivity contribution in [3.05, 3.63) is 59.8 Å². The van der Waals surface area contributed by atoms with Crippen molar-refractivity contribution in [1.82, 2.24) is 10.3 Å². The molecule has 5 heteroatoms. The number of nitrogens with zero attached hydrogens (tertiary/aromatic N) is 1. The standard InChI is InChI=1S/C19H23N3O2/c1-13(2)18(19(24)21-16-11-14(3)9-10-20-16)22-17(23)12-15-7-5-4-6-8-15/h4-11,13,18H,12H2,1-3H3,(H,22,23)(H,20,21,24). The Hall–Kier alpha value is -2.69. The van der Waals surface area contributed by atoms with Gasteiger partial charge in [-0.3, -0.25) is 9.59 Å². The fraction of sp³-hybridized carbons (Fsp3) is 0.316. The fourth-order valence-corrected chi connectivity index (χ4v) is 2.35. The molecule has 5 nitrogen and oxygen atoms in total. The van der Waals surface area contributed by atoms with Gasteiger partial charge in [-0.2, -0.15) is 0 Å². The van der Waals surface area contributed by atoms with Gasteiger partial charge in [0.15, 0.2) is 0 Å². The molecule has 0 saturated carbocycles. The molecule has 0 radical (unpaired) electrons. The molecular weight excluding hydrogens is 302 g/mol. The van der Waals surface area contributed by atoms with E-state index in [1.165, 1.54) is 0 Å². The molecule has 0 aliphatic rings. The second kappa shape index (κ2) is 8.24. The Bertz CT molecular complexity index is 699. The molecule has 0 aliphatic heterocycles. The number of aromatic nitrogens is 1. The Morgan fingerprint density at radius 1 is 1.12 bits per heavy atom. The van der Waals surface area contributed by atoms with Crippen LogP contribution in [0.15, 0.2) is 48.7 Å². The van der Waals surface area contributed by atoms with Gasteiger partial charge in [0, 0.05) is 6.20 Å². The summed E-state index contributed by atoms with van der Waals surface area (Å²) in [6.45, 7) is 5.73.